The van der Waals surface area contributed by atoms with E-state index >= 15 is 0 Å². The Hall–Kier alpha value is -3.00. The third-order valence-electron chi connectivity index (χ3n) is 6.91. The Balaban J connectivity index is 1.50. The molecule has 5 rings (SSSR count). The fraction of sp³-hybridized carbons (Fsp3) is 0.286. The number of likely N-dealkylation sites (N-methyl/N-ethyl adjacent to an activating group) is 1. The molecular weight excluding hydrogens is 494 g/mol. The van der Waals surface area contributed by atoms with Crippen LogP contribution in [0.4, 0.5) is 5.69 Å². The summed E-state index contributed by atoms with van der Waals surface area (Å²) in [6.07, 6.45) is 2.21. The van der Waals surface area contributed by atoms with E-state index in [9.17, 15) is 13.8 Å². The number of carbonyl (C=O) groups excluding carboxylic acids is 2. The molecule has 36 heavy (non-hydrogen) atoms. The van der Waals surface area contributed by atoms with Crippen LogP contribution < -0.4 is 10.2 Å². The number of hydrogen-bond donors (Lipinski definition) is 1. The molecule has 2 heterocycles. The lowest BCUT2D eigenvalue weighted by molar-refractivity contribution is 0.0938. The molecule has 0 unspecified atom stereocenters. The van der Waals surface area contributed by atoms with Gasteiger partial charge in [0, 0.05) is 23.2 Å². The highest BCUT2D eigenvalue weighted by molar-refractivity contribution is 7.85. The highest BCUT2D eigenvalue weighted by atomic mass is 35.5. The van der Waals surface area contributed by atoms with Gasteiger partial charge in [-0.2, -0.15) is 0 Å². The van der Waals surface area contributed by atoms with Crippen LogP contribution in [-0.4, -0.2) is 46.6 Å². The van der Waals surface area contributed by atoms with Gasteiger partial charge in [-0.15, -0.1) is 0 Å². The molecule has 0 saturated carbocycles. The predicted octanol–water partition coefficient (Wildman–Crippen LogP) is 4.88. The quantitative estimate of drug-likeness (QED) is 0.502. The van der Waals surface area contributed by atoms with Gasteiger partial charge in [-0.25, -0.2) is 4.21 Å². The van der Waals surface area contributed by atoms with E-state index in [4.69, 9.17) is 11.6 Å². The lowest BCUT2D eigenvalue weighted by atomic mass is 10.1. The number of anilines is 1. The summed E-state index contributed by atoms with van der Waals surface area (Å²) in [5, 5.41) is 3.63. The number of halogens is 1. The van der Waals surface area contributed by atoms with Crippen molar-refractivity contribution < 1.29 is 13.8 Å². The molecule has 0 aliphatic carbocycles. The van der Waals surface area contributed by atoms with E-state index in [2.05, 4.69) is 17.1 Å². The first-order valence-corrected chi connectivity index (χ1v) is 13.7. The van der Waals surface area contributed by atoms with Gasteiger partial charge in [-0.3, -0.25) is 14.5 Å². The zero-order chi connectivity index (χ0) is 25.2. The van der Waals surface area contributed by atoms with E-state index in [1.807, 2.05) is 12.1 Å². The van der Waals surface area contributed by atoms with Crippen LogP contribution in [0.25, 0.3) is 0 Å². The second-order valence-electron chi connectivity index (χ2n) is 9.10. The van der Waals surface area contributed by atoms with E-state index in [1.54, 1.807) is 59.5 Å². The van der Waals surface area contributed by atoms with Gasteiger partial charge in [0.1, 0.15) is 0 Å². The molecule has 186 valence electrons. The molecule has 1 fully saturated rings. The van der Waals surface area contributed by atoms with Gasteiger partial charge in [-0.1, -0.05) is 42.8 Å². The number of nitrogens with zero attached hydrogens (tertiary/aromatic N) is 2. The van der Waals surface area contributed by atoms with Crippen LogP contribution >= 0.6 is 11.6 Å². The molecule has 2 aliphatic heterocycles. The van der Waals surface area contributed by atoms with Gasteiger partial charge in [0.25, 0.3) is 11.8 Å². The molecule has 8 heteroatoms. The SMILES string of the molecule is CCN1CCC[C@@H]1CNC(=O)c1ccc2c(c1)N(Cc1cccc(Cl)c1)C(=O)c1ccccc1[S@@]2=O. The zero-order valence-electron chi connectivity index (χ0n) is 20.1. The molecule has 0 spiro atoms. The maximum atomic E-state index is 13.7. The Kier molecular flexibility index (Phi) is 7.23. The number of carbonyl (C=O) groups is 2. The van der Waals surface area contributed by atoms with Gasteiger partial charge >= 0.3 is 0 Å². The summed E-state index contributed by atoms with van der Waals surface area (Å²) in [6, 6.07) is 19.7. The summed E-state index contributed by atoms with van der Waals surface area (Å²) < 4.78 is 13.6. The Bertz CT molecular complexity index is 1350. The fourth-order valence-corrected chi connectivity index (χ4v) is 6.59. The molecule has 2 amide bonds. The minimum atomic E-state index is -1.57. The largest absolute Gasteiger partial charge is 0.350 e. The summed E-state index contributed by atoms with van der Waals surface area (Å²) in [6.45, 7) is 4.97. The summed E-state index contributed by atoms with van der Waals surface area (Å²) in [5.74, 6) is -0.469. The van der Waals surface area contributed by atoms with Crippen molar-refractivity contribution in [1.82, 2.24) is 10.2 Å². The third kappa shape index (κ3) is 4.83. The summed E-state index contributed by atoms with van der Waals surface area (Å²) in [7, 11) is -1.57. The molecule has 1 saturated heterocycles. The number of likely N-dealkylation sites (tertiary alicyclic amines) is 1. The number of amides is 2. The Labute approximate surface area is 218 Å². The molecule has 0 radical (unpaired) electrons. The Morgan fingerprint density at radius 1 is 1.08 bits per heavy atom. The summed E-state index contributed by atoms with van der Waals surface area (Å²) >= 11 is 6.20. The van der Waals surface area contributed by atoms with Crippen LogP contribution in [0.3, 0.4) is 0 Å². The lowest BCUT2D eigenvalue weighted by Crippen LogP contribution is -2.40. The lowest BCUT2D eigenvalue weighted by Gasteiger charge is -2.24. The molecule has 0 bridgehead atoms. The van der Waals surface area contributed by atoms with E-state index in [1.165, 1.54) is 0 Å². The summed E-state index contributed by atoms with van der Waals surface area (Å²) in [5.41, 5.74) is 2.13. The normalized spacial score (nSPS) is 19.5. The van der Waals surface area contributed by atoms with Gasteiger partial charge < -0.3 is 10.2 Å². The topological polar surface area (TPSA) is 69.7 Å². The predicted molar refractivity (Wildman–Crippen MR) is 142 cm³/mol. The monoisotopic (exact) mass is 521 g/mol. The molecule has 2 aliphatic rings. The minimum Gasteiger partial charge on any atom is -0.350 e. The van der Waals surface area contributed by atoms with Crippen molar-refractivity contribution in [2.75, 3.05) is 24.5 Å². The maximum Gasteiger partial charge on any atom is 0.259 e. The van der Waals surface area contributed by atoms with Crippen molar-refractivity contribution >= 4 is 39.9 Å². The second kappa shape index (κ2) is 10.5. The van der Waals surface area contributed by atoms with Crippen molar-refractivity contribution in [1.29, 1.82) is 0 Å². The van der Waals surface area contributed by atoms with Crippen LogP contribution in [0.1, 0.15) is 46.0 Å². The highest BCUT2D eigenvalue weighted by Crippen LogP contribution is 2.36. The van der Waals surface area contributed by atoms with Gasteiger partial charge in [-0.05, 0) is 74.0 Å². The van der Waals surface area contributed by atoms with Crippen LogP contribution in [0.5, 0.6) is 0 Å². The first-order chi connectivity index (χ1) is 17.5. The average Bonchev–Trinajstić information content (AvgIpc) is 3.34. The third-order valence-corrected chi connectivity index (χ3v) is 8.64. The van der Waals surface area contributed by atoms with Crippen LogP contribution in [-0.2, 0) is 17.3 Å². The number of fused-ring (bicyclic) bond motifs is 2. The van der Waals surface area contributed by atoms with Crippen LogP contribution in [0, 0.1) is 0 Å². The van der Waals surface area contributed by atoms with Crippen molar-refractivity contribution in [3.8, 4) is 0 Å². The van der Waals surface area contributed by atoms with Gasteiger partial charge in [0.05, 0.1) is 38.4 Å². The molecule has 1 N–H and O–H groups in total. The van der Waals surface area contributed by atoms with Crippen molar-refractivity contribution in [2.24, 2.45) is 0 Å². The number of hydrogen-bond acceptors (Lipinski definition) is 4. The highest BCUT2D eigenvalue weighted by Gasteiger charge is 2.32. The van der Waals surface area contributed by atoms with E-state index < -0.39 is 10.8 Å². The molecule has 0 aromatic heterocycles. The van der Waals surface area contributed by atoms with Crippen molar-refractivity contribution in [2.45, 2.75) is 42.1 Å². The van der Waals surface area contributed by atoms with Gasteiger partial charge in [0.15, 0.2) is 0 Å². The molecule has 2 atom stereocenters. The number of benzene rings is 3. The smallest absolute Gasteiger partial charge is 0.259 e. The molecule has 3 aromatic rings. The first kappa shape index (κ1) is 24.7. The number of rotatable bonds is 6. The van der Waals surface area contributed by atoms with Gasteiger partial charge in [0.2, 0.25) is 0 Å². The van der Waals surface area contributed by atoms with E-state index in [-0.39, 0.29) is 18.4 Å². The molecule has 3 aromatic carbocycles. The van der Waals surface area contributed by atoms with Crippen LogP contribution in [0.2, 0.25) is 5.02 Å². The second-order valence-corrected chi connectivity index (χ2v) is 11.0. The van der Waals surface area contributed by atoms with Crippen LogP contribution in [0.15, 0.2) is 76.5 Å². The van der Waals surface area contributed by atoms with E-state index in [0.717, 1.165) is 31.5 Å². The maximum absolute atomic E-state index is 13.7. The number of nitrogens with one attached hydrogen (secondary N) is 1. The Morgan fingerprint density at radius 2 is 1.92 bits per heavy atom. The first-order valence-electron chi connectivity index (χ1n) is 12.2. The van der Waals surface area contributed by atoms with Crippen molar-refractivity contribution in [3.05, 3.63) is 88.4 Å². The molecular formula is C28H28ClN3O3S. The fourth-order valence-electron chi connectivity index (χ4n) is 5.03. The van der Waals surface area contributed by atoms with Crippen molar-refractivity contribution in [3.63, 3.8) is 0 Å². The standard InChI is InChI=1S/C28H28ClN3O3S/c1-2-31-14-6-9-22(31)17-30-27(33)20-12-13-26-24(16-20)32(18-19-7-5-8-21(29)15-19)28(34)23-10-3-4-11-25(23)36(26)35/h3-5,7-8,10-13,15-16,22H,2,6,9,14,17-18H2,1H3,(H,30,33)/t22-,36+/m1/s1. The summed E-state index contributed by atoms with van der Waals surface area (Å²) in [4.78, 5) is 31.8. The average molecular weight is 522 g/mol. The minimum absolute atomic E-state index is 0.205. The molecule has 6 nitrogen and oxygen atoms in total. The zero-order valence-corrected chi connectivity index (χ0v) is 21.6. The Morgan fingerprint density at radius 3 is 2.72 bits per heavy atom. The van der Waals surface area contributed by atoms with E-state index in [0.29, 0.717) is 44.2 Å².